The molecule has 0 N–H and O–H groups in total. The molecule has 0 saturated heterocycles. The quantitative estimate of drug-likeness (QED) is 0.587. The SMILES string of the molecule is Cc1ccc(-c2c(C)noc2C)cc1N(C)c1ccc(C(C)(C)C#N)cc1. The van der Waals surface area contributed by atoms with Crippen molar-refractivity contribution in [3.63, 3.8) is 0 Å². The molecule has 3 aromatic rings. The molecule has 4 heteroatoms. The summed E-state index contributed by atoms with van der Waals surface area (Å²) < 4.78 is 5.33. The first-order valence-electron chi connectivity index (χ1n) is 9.04. The van der Waals surface area contributed by atoms with Gasteiger partial charge in [-0.3, -0.25) is 0 Å². The van der Waals surface area contributed by atoms with E-state index in [4.69, 9.17) is 4.52 Å². The average molecular weight is 359 g/mol. The van der Waals surface area contributed by atoms with E-state index in [9.17, 15) is 5.26 Å². The van der Waals surface area contributed by atoms with E-state index in [1.54, 1.807) is 0 Å². The molecule has 0 aliphatic carbocycles. The van der Waals surface area contributed by atoms with Crippen LogP contribution in [0.4, 0.5) is 11.4 Å². The van der Waals surface area contributed by atoms with Crippen molar-refractivity contribution in [2.45, 2.75) is 40.0 Å². The Hall–Kier alpha value is -3.06. The van der Waals surface area contributed by atoms with Crippen molar-refractivity contribution in [2.75, 3.05) is 11.9 Å². The predicted octanol–water partition coefficient (Wildman–Crippen LogP) is 5.84. The summed E-state index contributed by atoms with van der Waals surface area (Å²) in [5.41, 5.74) is 6.96. The molecule has 1 aromatic heterocycles. The van der Waals surface area contributed by atoms with Gasteiger partial charge in [-0.05, 0) is 69.5 Å². The fourth-order valence-electron chi connectivity index (χ4n) is 3.33. The molecule has 3 rings (SSSR count). The maximum absolute atomic E-state index is 9.33. The lowest BCUT2D eigenvalue weighted by molar-refractivity contribution is 0.393. The first-order valence-corrected chi connectivity index (χ1v) is 9.04. The van der Waals surface area contributed by atoms with Gasteiger partial charge in [0.2, 0.25) is 0 Å². The Bertz CT molecular complexity index is 988. The molecule has 0 radical (unpaired) electrons. The van der Waals surface area contributed by atoms with Gasteiger partial charge in [-0.15, -0.1) is 0 Å². The van der Waals surface area contributed by atoms with Crippen LogP contribution in [0.1, 0.15) is 36.4 Å². The highest BCUT2D eigenvalue weighted by Gasteiger charge is 2.20. The summed E-state index contributed by atoms with van der Waals surface area (Å²) in [7, 11) is 2.06. The molecule has 0 amide bonds. The van der Waals surface area contributed by atoms with E-state index in [1.807, 2.05) is 39.8 Å². The molecule has 138 valence electrons. The zero-order valence-corrected chi connectivity index (χ0v) is 16.8. The Kier molecular flexibility index (Phi) is 4.80. The molecular formula is C23H25N3O. The van der Waals surface area contributed by atoms with E-state index in [2.05, 4.69) is 60.4 Å². The van der Waals surface area contributed by atoms with Gasteiger partial charge in [0.1, 0.15) is 5.76 Å². The summed E-state index contributed by atoms with van der Waals surface area (Å²) >= 11 is 0. The number of nitriles is 1. The minimum Gasteiger partial charge on any atom is -0.361 e. The summed E-state index contributed by atoms with van der Waals surface area (Å²) in [6.07, 6.45) is 0. The minimum atomic E-state index is -0.490. The summed E-state index contributed by atoms with van der Waals surface area (Å²) in [6.45, 7) is 9.88. The van der Waals surface area contributed by atoms with Crippen molar-refractivity contribution in [1.82, 2.24) is 5.16 Å². The second-order valence-electron chi connectivity index (χ2n) is 7.54. The normalized spacial score (nSPS) is 11.3. The first kappa shape index (κ1) is 18.7. The van der Waals surface area contributed by atoms with Crippen LogP contribution in [-0.4, -0.2) is 12.2 Å². The maximum atomic E-state index is 9.33. The lowest BCUT2D eigenvalue weighted by Gasteiger charge is -2.24. The highest BCUT2D eigenvalue weighted by molar-refractivity contribution is 5.76. The predicted molar refractivity (Wildman–Crippen MR) is 109 cm³/mol. The third kappa shape index (κ3) is 3.46. The lowest BCUT2D eigenvalue weighted by Crippen LogP contribution is -2.15. The van der Waals surface area contributed by atoms with E-state index in [1.165, 1.54) is 5.56 Å². The number of hydrogen-bond donors (Lipinski definition) is 0. The van der Waals surface area contributed by atoms with E-state index in [-0.39, 0.29) is 0 Å². The molecule has 0 atom stereocenters. The summed E-state index contributed by atoms with van der Waals surface area (Å²) in [5.74, 6) is 0.827. The summed E-state index contributed by atoms with van der Waals surface area (Å²) in [4.78, 5) is 2.17. The molecule has 2 aromatic carbocycles. The number of hydrogen-bond acceptors (Lipinski definition) is 4. The number of aromatic nitrogens is 1. The van der Waals surface area contributed by atoms with Gasteiger partial charge in [-0.1, -0.05) is 29.4 Å². The Morgan fingerprint density at radius 2 is 1.70 bits per heavy atom. The smallest absolute Gasteiger partial charge is 0.141 e. The van der Waals surface area contributed by atoms with Crippen molar-refractivity contribution in [1.29, 1.82) is 5.26 Å². The fraction of sp³-hybridized carbons (Fsp3) is 0.304. The number of anilines is 2. The summed E-state index contributed by atoms with van der Waals surface area (Å²) in [6, 6.07) is 17.0. The molecule has 4 nitrogen and oxygen atoms in total. The van der Waals surface area contributed by atoms with Crippen LogP contribution in [0.15, 0.2) is 47.0 Å². The van der Waals surface area contributed by atoms with Gasteiger partial charge in [0.25, 0.3) is 0 Å². The van der Waals surface area contributed by atoms with Crippen LogP contribution in [0.3, 0.4) is 0 Å². The highest BCUT2D eigenvalue weighted by atomic mass is 16.5. The molecule has 0 spiro atoms. The Morgan fingerprint density at radius 1 is 1.04 bits per heavy atom. The molecule has 0 saturated carbocycles. The van der Waals surface area contributed by atoms with E-state index >= 15 is 0 Å². The fourth-order valence-corrected chi connectivity index (χ4v) is 3.33. The molecule has 0 bridgehead atoms. The van der Waals surface area contributed by atoms with Crippen LogP contribution < -0.4 is 4.90 Å². The van der Waals surface area contributed by atoms with Crippen molar-refractivity contribution < 1.29 is 4.52 Å². The minimum absolute atomic E-state index is 0.490. The van der Waals surface area contributed by atoms with Gasteiger partial charge in [0.15, 0.2) is 0 Å². The van der Waals surface area contributed by atoms with Crippen molar-refractivity contribution in [2.24, 2.45) is 0 Å². The second kappa shape index (κ2) is 6.92. The van der Waals surface area contributed by atoms with Crippen LogP contribution in [0.25, 0.3) is 11.1 Å². The van der Waals surface area contributed by atoms with Crippen LogP contribution in [0, 0.1) is 32.1 Å². The van der Waals surface area contributed by atoms with Gasteiger partial charge >= 0.3 is 0 Å². The largest absolute Gasteiger partial charge is 0.361 e. The van der Waals surface area contributed by atoms with Gasteiger partial charge < -0.3 is 9.42 Å². The van der Waals surface area contributed by atoms with E-state index in [0.717, 1.165) is 39.5 Å². The average Bonchev–Trinajstić information content (AvgIpc) is 3.00. The molecular weight excluding hydrogens is 334 g/mol. The zero-order valence-electron chi connectivity index (χ0n) is 16.8. The van der Waals surface area contributed by atoms with Gasteiger partial charge in [0, 0.05) is 24.0 Å². The van der Waals surface area contributed by atoms with Crippen molar-refractivity contribution in [3.8, 4) is 17.2 Å². The third-order valence-electron chi connectivity index (χ3n) is 5.15. The summed E-state index contributed by atoms with van der Waals surface area (Å²) in [5, 5.41) is 13.4. The van der Waals surface area contributed by atoms with Crippen LogP contribution in [-0.2, 0) is 5.41 Å². The number of aryl methyl sites for hydroxylation is 3. The molecule has 0 aliphatic rings. The van der Waals surface area contributed by atoms with Crippen LogP contribution in [0.5, 0.6) is 0 Å². The molecule has 0 unspecified atom stereocenters. The maximum Gasteiger partial charge on any atom is 0.141 e. The topological polar surface area (TPSA) is 53.1 Å². The van der Waals surface area contributed by atoms with Crippen LogP contribution >= 0.6 is 0 Å². The Labute approximate surface area is 161 Å². The third-order valence-corrected chi connectivity index (χ3v) is 5.15. The van der Waals surface area contributed by atoms with Crippen molar-refractivity contribution in [3.05, 3.63) is 65.0 Å². The molecule has 0 fully saturated rings. The Balaban J connectivity index is 1.99. The van der Waals surface area contributed by atoms with Crippen molar-refractivity contribution >= 4 is 11.4 Å². The molecule has 27 heavy (non-hydrogen) atoms. The highest BCUT2D eigenvalue weighted by Crippen LogP contribution is 2.34. The standard InChI is InChI=1S/C23H25N3O/c1-15-7-8-18(22-16(2)25-27-17(22)3)13-21(15)26(6)20-11-9-19(10-12-20)23(4,5)14-24/h7-13H,1-6H3. The Morgan fingerprint density at radius 3 is 2.26 bits per heavy atom. The number of rotatable bonds is 4. The monoisotopic (exact) mass is 359 g/mol. The molecule has 0 aliphatic heterocycles. The molecule has 1 heterocycles. The van der Waals surface area contributed by atoms with Gasteiger partial charge in [-0.25, -0.2) is 0 Å². The van der Waals surface area contributed by atoms with Crippen LogP contribution in [0.2, 0.25) is 0 Å². The first-order chi connectivity index (χ1) is 12.7. The number of nitrogens with zero attached hydrogens (tertiary/aromatic N) is 3. The van der Waals surface area contributed by atoms with E-state index in [0.29, 0.717) is 0 Å². The second-order valence-corrected chi connectivity index (χ2v) is 7.54. The number of benzene rings is 2. The van der Waals surface area contributed by atoms with Gasteiger partial charge in [0.05, 0.1) is 17.2 Å². The van der Waals surface area contributed by atoms with Gasteiger partial charge in [-0.2, -0.15) is 5.26 Å². The van der Waals surface area contributed by atoms with E-state index < -0.39 is 5.41 Å². The zero-order chi connectivity index (χ0) is 19.8. The lowest BCUT2D eigenvalue weighted by atomic mass is 9.86.